The lowest BCUT2D eigenvalue weighted by molar-refractivity contribution is -0.146. The number of nitrogens with zero attached hydrogens (tertiary/aromatic N) is 4. The molecule has 0 aliphatic rings. The van der Waals surface area contributed by atoms with Gasteiger partial charge in [-0.3, -0.25) is 0 Å². The second kappa shape index (κ2) is 7.97. The number of rotatable bonds is 10. The molecule has 1 rings (SSSR count). The summed E-state index contributed by atoms with van der Waals surface area (Å²) in [5.41, 5.74) is -1.10. The molecule has 1 aromatic heterocycles. The third-order valence-corrected chi connectivity index (χ3v) is 3.59. The molecule has 20 heavy (non-hydrogen) atoms. The standard InChI is InChI=1S/C14H26N4O2/c1-4-5-6-7-8-9-10-11-12-15-16-17-18(12)14(2,3)13(19)20/h4-11H2,1-3H3,(H,19,20). The number of carboxylic acids is 1. The average molecular weight is 282 g/mol. The molecule has 1 N–H and O–H groups in total. The van der Waals surface area contributed by atoms with Gasteiger partial charge in [-0.05, 0) is 30.7 Å². The van der Waals surface area contributed by atoms with Gasteiger partial charge in [0.05, 0.1) is 0 Å². The van der Waals surface area contributed by atoms with Crippen molar-refractivity contribution in [2.24, 2.45) is 0 Å². The Labute approximate surface area is 120 Å². The molecule has 6 nitrogen and oxygen atoms in total. The van der Waals surface area contributed by atoms with Crippen molar-refractivity contribution >= 4 is 5.97 Å². The van der Waals surface area contributed by atoms with Gasteiger partial charge in [-0.2, -0.15) is 0 Å². The minimum absolute atomic E-state index is 0.658. The van der Waals surface area contributed by atoms with Crippen LogP contribution >= 0.6 is 0 Å². The molecule has 0 aliphatic carbocycles. The van der Waals surface area contributed by atoms with Crippen molar-refractivity contribution < 1.29 is 9.90 Å². The summed E-state index contributed by atoms with van der Waals surface area (Å²) in [6, 6.07) is 0. The van der Waals surface area contributed by atoms with Gasteiger partial charge in [-0.1, -0.05) is 45.4 Å². The van der Waals surface area contributed by atoms with Crippen LogP contribution in [0.2, 0.25) is 0 Å². The van der Waals surface area contributed by atoms with Crippen LogP contribution < -0.4 is 0 Å². The normalized spacial score (nSPS) is 11.8. The van der Waals surface area contributed by atoms with E-state index in [1.165, 1.54) is 36.8 Å². The van der Waals surface area contributed by atoms with E-state index in [1.807, 2.05) is 0 Å². The molecule has 1 aromatic rings. The molecule has 0 saturated heterocycles. The van der Waals surface area contributed by atoms with E-state index in [1.54, 1.807) is 13.8 Å². The SMILES string of the molecule is CCCCCCCCCc1nnnn1C(C)(C)C(=O)O. The Hall–Kier alpha value is -1.46. The fraction of sp³-hybridized carbons (Fsp3) is 0.857. The number of carbonyl (C=O) groups is 1. The smallest absolute Gasteiger partial charge is 0.331 e. The summed E-state index contributed by atoms with van der Waals surface area (Å²) >= 11 is 0. The summed E-state index contributed by atoms with van der Waals surface area (Å²) in [5.74, 6) is -0.267. The lowest BCUT2D eigenvalue weighted by Crippen LogP contribution is -2.37. The Morgan fingerprint density at radius 3 is 2.35 bits per heavy atom. The van der Waals surface area contributed by atoms with Gasteiger partial charge in [0.1, 0.15) is 0 Å². The van der Waals surface area contributed by atoms with Crippen molar-refractivity contribution in [2.45, 2.75) is 77.7 Å². The third-order valence-electron chi connectivity index (χ3n) is 3.59. The second-order valence-corrected chi connectivity index (χ2v) is 5.74. The summed E-state index contributed by atoms with van der Waals surface area (Å²) in [6.45, 7) is 5.43. The molecule has 0 bridgehead atoms. The van der Waals surface area contributed by atoms with Crippen molar-refractivity contribution in [3.8, 4) is 0 Å². The Kier molecular flexibility index (Phi) is 6.61. The molecule has 0 saturated carbocycles. The van der Waals surface area contributed by atoms with Crippen LogP contribution in [-0.4, -0.2) is 31.3 Å². The van der Waals surface area contributed by atoms with Gasteiger partial charge in [0, 0.05) is 6.42 Å². The van der Waals surface area contributed by atoms with Gasteiger partial charge in [-0.15, -0.1) is 5.10 Å². The second-order valence-electron chi connectivity index (χ2n) is 5.74. The van der Waals surface area contributed by atoms with Crippen LogP contribution in [0.5, 0.6) is 0 Å². The van der Waals surface area contributed by atoms with Gasteiger partial charge in [0.2, 0.25) is 0 Å². The van der Waals surface area contributed by atoms with E-state index in [0.717, 1.165) is 19.3 Å². The van der Waals surface area contributed by atoms with Gasteiger partial charge in [0.15, 0.2) is 11.4 Å². The van der Waals surface area contributed by atoms with E-state index in [9.17, 15) is 9.90 Å². The average Bonchev–Trinajstić information content (AvgIpc) is 2.86. The van der Waals surface area contributed by atoms with Crippen molar-refractivity contribution in [2.75, 3.05) is 0 Å². The van der Waals surface area contributed by atoms with Gasteiger partial charge in [-0.25, -0.2) is 9.48 Å². The highest BCUT2D eigenvalue weighted by Gasteiger charge is 2.33. The van der Waals surface area contributed by atoms with Crippen molar-refractivity contribution in [1.29, 1.82) is 0 Å². The zero-order valence-electron chi connectivity index (χ0n) is 12.8. The number of hydrogen-bond acceptors (Lipinski definition) is 4. The third kappa shape index (κ3) is 4.58. The van der Waals surface area contributed by atoms with Crippen molar-refractivity contribution in [3.63, 3.8) is 0 Å². The van der Waals surface area contributed by atoms with Crippen LogP contribution in [0, 0.1) is 0 Å². The van der Waals surface area contributed by atoms with E-state index < -0.39 is 11.5 Å². The molecule has 0 aromatic carbocycles. The molecule has 0 amide bonds. The summed E-state index contributed by atoms with van der Waals surface area (Å²) in [6.07, 6.45) is 9.26. The maximum atomic E-state index is 11.2. The van der Waals surface area contributed by atoms with E-state index in [4.69, 9.17) is 0 Å². The van der Waals surface area contributed by atoms with Gasteiger partial charge < -0.3 is 5.11 Å². The van der Waals surface area contributed by atoms with E-state index >= 15 is 0 Å². The highest BCUT2D eigenvalue weighted by Crippen LogP contribution is 2.17. The predicted molar refractivity (Wildman–Crippen MR) is 76.5 cm³/mol. The molecule has 0 radical (unpaired) electrons. The minimum Gasteiger partial charge on any atom is -0.479 e. The highest BCUT2D eigenvalue weighted by atomic mass is 16.4. The maximum absolute atomic E-state index is 11.2. The molecule has 0 unspecified atom stereocenters. The van der Waals surface area contributed by atoms with E-state index in [0.29, 0.717) is 5.82 Å². The molecule has 0 fully saturated rings. The molecule has 0 aliphatic heterocycles. The van der Waals surface area contributed by atoms with E-state index in [2.05, 4.69) is 22.4 Å². The number of aliphatic carboxylic acids is 1. The van der Waals surface area contributed by atoms with Crippen molar-refractivity contribution in [1.82, 2.24) is 20.2 Å². The molecule has 0 atom stereocenters. The van der Waals surface area contributed by atoms with Crippen LogP contribution in [0.1, 0.15) is 71.5 Å². The summed E-state index contributed by atoms with van der Waals surface area (Å²) in [5, 5.41) is 20.6. The molecule has 6 heteroatoms. The number of hydrogen-bond donors (Lipinski definition) is 1. The summed E-state index contributed by atoms with van der Waals surface area (Å²) in [7, 11) is 0. The first-order chi connectivity index (χ1) is 9.50. The molecular formula is C14H26N4O2. The lowest BCUT2D eigenvalue weighted by atomic mass is 10.1. The number of unbranched alkanes of at least 4 members (excludes halogenated alkanes) is 6. The number of tetrazole rings is 1. The van der Waals surface area contributed by atoms with Crippen molar-refractivity contribution in [3.05, 3.63) is 5.82 Å². The topological polar surface area (TPSA) is 80.9 Å². The fourth-order valence-corrected chi connectivity index (χ4v) is 2.13. The first-order valence-electron chi connectivity index (χ1n) is 7.51. The minimum atomic E-state index is -1.10. The zero-order valence-corrected chi connectivity index (χ0v) is 12.8. The van der Waals surface area contributed by atoms with Crippen LogP contribution in [0.25, 0.3) is 0 Å². The fourth-order valence-electron chi connectivity index (χ4n) is 2.13. The maximum Gasteiger partial charge on any atom is 0.331 e. The molecular weight excluding hydrogens is 256 g/mol. The molecule has 114 valence electrons. The van der Waals surface area contributed by atoms with Crippen LogP contribution in [0.3, 0.4) is 0 Å². The molecule has 0 spiro atoms. The molecule has 1 heterocycles. The van der Waals surface area contributed by atoms with Crippen LogP contribution in [-0.2, 0) is 16.8 Å². The summed E-state index contributed by atoms with van der Waals surface area (Å²) < 4.78 is 1.42. The highest BCUT2D eigenvalue weighted by molar-refractivity contribution is 5.75. The predicted octanol–water partition coefficient (Wildman–Crippen LogP) is 2.79. The number of aromatic nitrogens is 4. The first kappa shape index (κ1) is 16.6. The Morgan fingerprint density at radius 2 is 1.75 bits per heavy atom. The van der Waals surface area contributed by atoms with Crippen LogP contribution in [0.15, 0.2) is 0 Å². The van der Waals surface area contributed by atoms with Gasteiger partial charge >= 0.3 is 5.97 Å². The number of carboxylic acid groups (broad SMARTS) is 1. The largest absolute Gasteiger partial charge is 0.479 e. The van der Waals surface area contributed by atoms with Crippen LogP contribution in [0.4, 0.5) is 0 Å². The Balaban J connectivity index is 2.39. The quantitative estimate of drug-likeness (QED) is 0.667. The zero-order chi connectivity index (χ0) is 15.0. The van der Waals surface area contributed by atoms with Gasteiger partial charge in [0.25, 0.3) is 0 Å². The van der Waals surface area contributed by atoms with E-state index in [-0.39, 0.29) is 0 Å². The lowest BCUT2D eigenvalue weighted by Gasteiger charge is -2.20. The first-order valence-corrected chi connectivity index (χ1v) is 7.51. The Bertz CT molecular complexity index is 415. The monoisotopic (exact) mass is 282 g/mol. The summed E-state index contributed by atoms with van der Waals surface area (Å²) in [4.78, 5) is 11.2. The Morgan fingerprint density at radius 1 is 1.15 bits per heavy atom. The number of aryl methyl sites for hydroxylation is 1.